The van der Waals surface area contributed by atoms with E-state index in [9.17, 15) is 10.1 Å². The van der Waals surface area contributed by atoms with Crippen LogP contribution in [0.5, 0.6) is 5.75 Å². The molecule has 6 heteroatoms. The van der Waals surface area contributed by atoms with Gasteiger partial charge in [0.05, 0.1) is 12.0 Å². The second kappa shape index (κ2) is 6.09. The van der Waals surface area contributed by atoms with Crippen LogP contribution in [0.1, 0.15) is 19.8 Å². The van der Waals surface area contributed by atoms with E-state index in [0.717, 1.165) is 18.3 Å². The lowest BCUT2D eigenvalue weighted by atomic mass is 10.2. The highest BCUT2D eigenvalue weighted by Gasteiger charge is 2.28. The van der Waals surface area contributed by atoms with E-state index in [2.05, 4.69) is 24.2 Å². The third-order valence-corrected chi connectivity index (χ3v) is 3.80. The van der Waals surface area contributed by atoms with Crippen molar-refractivity contribution in [2.24, 2.45) is 0 Å². The predicted octanol–water partition coefficient (Wildman–Crippen LogP) is 2.50. The van der Waals surface area contributed by atoms with Crippen molar-refractivity contribution in [2.75, 3.05) is 26.0 Å². The van der Waals surface area contributed by atoms with Crippen molar-refractivity contribution in [3.63, 3.8) is 0 Å². The molecule has 0 spiro atoms. The van der Waals surface area contributed by atoms with Crippen LogP contribution in [-0.2, 0) is 0 Å². The number of anilines is 1. The van der Waals surface area contributed by atoms with Gasteiger partial charge in [0.25, 0.3) is 0 Å². The summed E-state index contributed by atoms with van der Waals surface area (Å²) in [5.74, 6) is 0.281. The number of nitro benzene ring substituents is 1. The third-order valence-electron chi connectivity index (χ3n) is 3.80. The van der Waals surface area contributed by atoms with Gasteiger partial charge in [-0.15, -0.1) is 0 Å². The first-order chi connectivity index (χ1) is 9.52. The van der Waals surface area contributed by atoms with E-state index < -0.39 is 4.92 Å². The van der Waals surface area contributed by atoms with E-state index >= 15 is 0 Å². The maximum Gasteiger partial charge on any atom is 0.311 e. The molecule has 0 amide bonds. The molecule has 0 saturated heterocycles. The normalized spacial score (nSPS) is 16.0. The minimum absolute atomic E-state index is 0.0128. The second-order valence-electron chi connectivity index (χ2n) is 5.27. The summed E-state index contributed by atoms with van der Waals surface area (Å²) in [7, 11) is 3.58. The largest absolute Gasteiger partial charge is 0.490 e. The Bertz CT molecular complexity index is 489. The number of nitrogens with zero attached hydrogens (tertiary/aromatic N) is 2. The number of likely N-dealkylation sites (N-methyl/N-ethyl adjacent to an activating group) is 1. The topological polar surface area (TPSA) is 67.6 Å². The standard InChI is InChI=1S/C14H21N3O3/c1-10(16(2)12-5-6-12)9-15-11-4-7-13(17(18)19)14(8-11)20-3/h4,7-8,10,12,15H,5-6,9H2,1-3H3. The van der Waals surface area contributed by atoms with Crippen LogP contribution in [0, 0.1) is 10.1 Å². The summed E-state index contributed by atoms with van der Waals surface area (Å²) in [6.45, 7) is 2.97. The first-order valence-electron chi connectivity index (χ1n) is 6.81. The Morgan fingerprint density at radius 1 is 1.55 bits per heavy atom. The Kier molecular flexibility index (Phi) is 4.44. The van der Waals surface area contributed by atoms with Gasteiger partial charge >= 0.3 is 5.69 Å². The average Bonchev–Trinajstić information content (AvgIpc) is 3.27. The SMILES string of the molecule is COc1cc(NCC(C)N(C)C2CC2)ccc1[N+](=O)[O-]. The van der Waals surface area contributed by atoms with Crippen molar-refractivity contribution in [3.8, 4) is 5.75 Å². The highest BCUT2D eigenvalue weighted by molar-refractivity contribution is 5.58. The van der Waals surface area contributed by atoms with E-state index in [1.54, 1.807) is 12.1 Å². The molecular weight excluding hydrogens is 258 g/mol. The van der Waals surface area contributed by atoms with E-state index in [1.807, 2.05) is 0 Å². The van der Waals surface area contributed by atoms with Gasteiger partial charge in [-0.1, -0.05) is 0 Å². The zero-order valence-electron chi connectivity index (χ0n) is 12.1. The zero-order chi connectivity index (χ0) is 14.7. The van der Waals surface area contributed by atoms with E-state index in [1.165, 1.54) is 26.0 Å². The van der Waals surface area contributed by atoms with Crippen molar-refractivity contribution in [3.05, 3.63) is 28.3 Å². The molecular formula is C14H21N3O3. The fourth-order valence-corrected chi connectivity index (χ4v) is 2.19. The molecule has 1 aromatic rings. The average molecular weight is 279 g/mol. The fraction of sp³-hybridized carbons (Fsp3) is 0.571. The monoisotopic (exact) mass is 279 g/mol. The van der Waals surface area contributed by atoms with Gasteiger partial charge < -0.3 is 10.1 Å². The predicted molar refractivity (Wildman–Crippen MR) is 78.4 cm³/mol. The number of rotatable bonds is 7. The lowest BCUT2D eigenvalue weighted by molar-refractivity contribution is -0.385. The summed E-state index contributed by atoms with van der Waals surface area (Å²) in [6.07, 6.45) is 2.57. The molecule has 0 radical (unpaired) electrons. The minimum atomic E-state index is -0.438. The summed E-state index contributed by atoms with van der Waals surface area (Å²) in [5.41, 5.74) is 0.824. The fourth-order valence-electron chi connectivity index (χ4n) is 2.19. The summed E-state index contributed by atoms with van der Waals surface area (Å²) in [5, 5.41) is 14.1. The van der Waals surface area contributed by atoms with Crippen LogP contribution in [0.25, 0.3) is 0 Å². The second-order valence-corrected chi connectivity index (χ2v) is 5.27. The van der Waals surface area contributed by atoms with Crippen LogP contribution in [0.4, 0.5) is 11.4 Å². The van der Waals surface area contributed by atoms with Gasteiger partial charge in [-0.05, 0) is 32.9 Å². The Morgan fingerprint density at radius 3 is 2.80 bits per heavy atom. The van der Waals surface area contributed by atoms with Crippen LogP contribution in [0.2, 0.25) is 0 Å². The van der Waals surface area contributed by atoms with Crippen LogP contribution in [-0.4, -0.2) is 42.6 Å². The Labute approximate surface area is 118 Å². The number of methoxy groups -OCH3 is 1. The van der Waals surface area contributed by atoms with E-state index in [4.69, 9.17) is 4.74 Å². The number of ether oxygens (including phenoxy) is 1. The van der Waals surface area contributed by atoms with Gasteiger partial charge in [-0.3, -0.25) is 15.0 Å². The highest BCUT2D eigenvalue weighted by atomic mass is 16.6. The van der Waals surface area contributed by atoms with Crippen LogP contribution in [0.15, 0.2) is 18.2 Å². The van der Waals surface area contributed by atoms with E-state index in [-0.39, 0.29) is 11.4 Å². The smallest absolute Gasteiger partial charge is 0.311 e. The molecule has 1 aliphatic rings. The molecule has 1 aliphatic carbocycles. The number of hydrogen-bond donors (Lipinski definition) is 1. The lowest BCUT2D eigenvalue weighted by Gasteiger charge is -2.25. The Hall–Kier alpha value is -1.82. The Morgan fingerprint density at radius 2 is 2.25 bits per heavy atom. The van der Waals surface area contributed by atoms with Gasteiger partial charge in [0.2, 0.25) is 0 Å². The molecule has 0 bridgehead atoms. The first-order valence-corrected chi connectivity index (χ1v) is 6.81. The Balaban J connectivity index is 1.97. The minimum Gasteiger partial charge on any atom is -0.490 e. The third kappa shape index (κ3) is 3.39. The number of hydrogen-bond acceptors (Lipinski definition) is 5. The lowest BCUT2D eigenvalue weighted by Crippen LogP contribution is -2.36. The number of nitrogens with one attached hydrogen (secondary N) is 1. The summed E-state index contributed by atoms with van der Waals surface area (Å²) in [6, 6.07) is 5.99. The maximum atomic E-state index is 10.8. The molecule has 1 fully saturated rings. The quantitative estimate of drug-likeness (QED) is 0.613. The molecule has 1 N–H and O–H groups in total. The molecule has 0 aliphatic heterocycles. The summed E-state index contributed by atoms with van der Waals surface area (Å²) >= 11 is 0. The van der Waals surface area contributed by atoms with Gasteiger partial charge in [0.15, 0.2) is 5.75 Å². The van der Waals surface area contributed by atoms with Gasteiger partial charge in [-0.25, -0.2) is 0 Å². The maximum absolute atomic E-state index is 10.8. The van der Waals surface area contributed by atoms with Crippen molar-refractivity contribution in [1.29, 1.82) is 0 Å². The molecule has 0 aromatic heterocycles. The van der Waals surface area contributed by atoms with E-state index in [0.29, 0.717) is 6.04 Å². The van der Waals surface area contributed by atoms with Gasteiger partial charge in [-0.2, -0.15) is 0 Å². The summed E-state index contributed by atoms with van der Waals surface area (Å²) < 4.78 is 5.06. The zero-order valence-corrected chi connectivity index (χ0v) is 12.1. The molecule has 2 rings (SSSR count). The van der Waals surface area contributed by atoms with Crippen LogP contribution < -0.4 is 10.1 Å². The summed E-state index contributed by atoms with van der Waals surface area (Å²) in [4.78, 5) is 12.8. The molecule has 20 heavy (non-hydrogen) atoms. The van der Waals surface area contributed by atoms with Crippen molar-refractivity contribution in [2.45, 2.75) is 31.8 Å². The molecule has 1 aromatic carbocycles. The molecule has 1 saturated carbocycles. The number of nitro groups is 1. The molecule has 110 valence electrons. The van der Waals surface area contributed by atoms with Crippen molar-refractivity contribution in [1.82, 2.24) is 4.90 Å². The van der Waals surface area contributed by atoms with Gasteiger partial charge in [0.1, 0.15) is 0 Å². The highest BCUT2D eigenvalue weighted by Crippen LogP contribution is 2.30. The molecule has 1 atom stereocenters. The van der Waals surface area contributed by atoms with Crippen LogP contribution in [0.3, 0.4) is 0 Å². The molecule has 6 nitrogen and oxygen atoms in total. The van der Waals surface area contributed by atoms with Gasteiger partial charge in [0, 0.05) is 36.4 Å². The van der Waals surface area contributed by atoms with Crippen LogP contribution >= 0.6 is 0 Å². The van der Waals surface area contributed by atoms with Crippen molar-refractivity contribution < 1.29 is 9.66 Å². The first kappa shape index (κ1) is 14.6. The molecule has 1 unspecified atom stereocenters. The number of benzene rings is 1. The van der Waals surface area contributed by atoms with Crippen molar-refractivity contribution >= 4 is 11.4 Å². The molecule has 0 heterocycles.